The molecule has 1 aromatic carbocycles. The van der Waals surface area contributed by atoms with Crippen molar-refractivity contribution in [1.29, 1.82) is 0 Å². The first-order valence-electron chi connectivity index (χ1n) is 7.67. The highest BCUT2D eigenvalue weighted by Gasteiger charge is 2.64. The van der Waals surface area contributed by atoms with Crippen LogP contribution in [0, 0.1) is 23.2 Å². The number of carboxylic acids is 1. The summed E-state index contributed by atoms with van der Waals surface area (Å²) in [6.45, 7) is 9.37. The van der Waals surface area contributed by atoms with Crippen molar-refractivity contribution in [2.45, 2.75) is 47.5 Å². The zero-order valence-electron chi connectivity index (χ0n) is 14.0. The van der Waals surface area contributed by atoms with Gasteiger partial charge in [-0.15, -0.1) is 0 Å². The standard InChI is InChI=1S/C18H25NO3/c1-12-8-6-7-9-13(12)19-14(20)17(4)10-11-18(5,15(21)22)16(17,2)3/h6-9H,10-11H2,1-5H3,(H,19,20)(H,21,22). The molecule has 1 saturated carbocycles. The smallest absolute Gasteiger partial charge is 0.309 e. The van der Waals surface area contributed by atoms with E-state index in [0.717, 1.165) is 11.3 Å². The molecule has 0 aromatic heterocycles. The van der Waals surface area contributed by atoms with Gasteiger partial charge in [0.25, 0.3) is 0 Å². The van der Waals surface area contributed by atoms with Gasteiger partial charge in [-0.2, -0.15) is 0 Å². The monoisotopic (exact) mass is 303 g/mol. The van der Waals surface area contributed by atoms with Gasteiger partial charge in [0.15, 0.2) is 0 Å². The molecule has 0 heterocycles. The highest BCUT2D eigenvalue weighted by atomic mass is 16.4. The maximum absolute atomic E-state index is 12.9. The molecule has 4 heteroatoms. The molecule has 2 atom stereocenters. The first-order valence-corrected chi connectivity index (χ1v) is 7.67. The van der Waals surface area contributed by atoms with Gasteiger partial charge < -0.3 is 10.4 Å². The van der Waals surface area contributed by atoms with Crippen molar-refractivity contribution in [2.75, 3.05) is 5.32 Å². The Kier molecular flexibility index (Phi) is 3.84. The lowest BCUT2D eigenvalue weighted by Gasteiger charge is -2.44. The Hall–Kier alpha value is -1.84. The Morgan fingerprint density at radius 1 is 1.05 bits per heavy atom. The molecule has 2 rings (SSSR count). The molecule has 2 unspecified atom stereocenters. The van der Waals surface area contributed by atoms with Gasteiger partial charge in [0, 0.05) is 5.69 Å². The lowest BCUT2D eigenvalue weighted by atomic mass is 9.59. The van der Waals surface area contributed by atoms with Crippen LogP contribution in [0.5, 0.6) is 0 Å². The van der Waals surface area contributed by atoms with Crippen molar-refractivity contribution >= 4 is 17.6 Å². The number of carbonyl (C=O) groups is 2. The van der Waals surface area contributed by atoms with Gasteiger partial charge in [0.2, 0.25) is 5.91 Å². The molecule has 1 aliphatic rings. The second-order valence-electron chi connectivity index (χ2n) is 7.36. The number of para-hydroxylation sites is 1. The number of anilines is 1. The first-order chi connectivity index (χ1) is 10.1. The molecule has 0 saturated heterocycles. The molecular formula is C18H25NO3. The van der Waals surface area contributed by atoms with Crippen LogP contribution in [0.1, 0.15) is 46.1 Å². The Labute approximate surface area is 131 Å². The number of aliphatic carboxylic acids is 1. The number of benzene rings is 1. The van der Waals surface area contributed by atoms with E-state index in [2.05, 4.69) is 5.32 Å². The SMILES string of the molecule is Cc1ccccc1NC(=O)C1(C)CCC(C)(C(=O)O)C1(C)C. The van der Waals surface area contributed by atoms with E-state index in [4.69, 9.17) is 0 Å². The van der Waals surface area contributed by atoms with E-state index < -0.39 is 22.2 Å². The molecule has 1 aromatic rings. The van der Waals surface area contributed by atoms with E-state index in [0.29, 0.717) is 12.8 Å². The zero-order valence-corrected chi connectivity index (χ0v) is 14.0. The van der Waals surface area contributed by atoms with Crippen molar-refractivity contribution in [3.8, 4) is 0 Å². The summed E-state index contributed by atoms with van der Waals surface area (Å²) < 4.78 is 0. The Balaban J connectivity index is 2.34. The predicted octanol–water partition coefficient (Wildman–Crippen LogP) is 3.85. The summed E-state index contributed by atoms with van der Waals surface area (Å²) in [5, 5.41) is 12.6. The van der Waals surface area contributed by atoms with Crippen molar-refractivity contribution in [2.24, 2.45) is 16.2 Å². The van der Waals surface area contributed by atoms with Crippen LogP contribution in [0.3, 0.4) is 0 Å². The second kappa shape index (κ2) is 5.11. The third kappa shape index (κ3) is 2.13. The van der Waals surface area contributed by atoms with E-state index in [9.17, 15) is 14.7 Å². The number of hydrogen-bond donors (Lipinski definition) is 2. The highest BCUT2D eigenvalue weighted by molar-refractivity contribution is 5.97. The quantitative estimate of drug-likeness (QED) is 0.891. The minimum atomic E-state index is -0.898. The Bertz CT molecular complexity index is 623. The summed E-state index contributed by atoms with van der Waals surface area (Å²) in [5.74, 6) is -0.929. The molecule has 1 aliphatic carbocycles. The van der Waals surface area contributed by atoms with E-state index in [1.807, 2.05) is 52.0 Å². The lowest BCUT2D eigenvalue weighted by Crippen LogP contribution is -2.49. The summed E-state index contributed by atoms with van der Waals surface area (Å²) in [5.41, 5.74) is -0.476. The maximum Gasteiger partial charge on any atom is 0.309 e. The molecule has 120 valence electrons. The number of rotatable bonds is 3. The van der Waals surface area contributed by atoms with Crippen LogP contribution in [0.25, 0.3) is 0 Å². The van der Waals surface area contributed by atoms with Gasteiger partial charge >= 0.3 is 5.97 Å². The molecule has 0 aliphatic heterocycles. The van der Waals surface area contributed by atoms with E-state index in [1.54, 1.807) is 6.92 Å². The summed E-state index contributed by atoms with van der Waals surface area (Å²) in [7, 11) is 0. The number of amides is 1. The highest BCUT2D eigenvalue weighted by Crippen LogP contribution is 2.63. The topological polar surface area (TPSA) is 66.4 Å². The minimum absolute atomic E-state index is 0.100. The molecule has 0 bridgehead atoms. The van der Waals surface area contributed by atoms with E-state index in [1.165, 1.54) is 0 Å². The largest absolute Gasteiger partial charge is 0.481 e. The molecule has 0 radical (unpaired) electrons. The fourth-order valence-electron chi connectivity index (χ4n) is 3.48. The van der Waals surface area contributed by atoms with E-state index >= 15 is 0 Å². The zero-order chi connectivity index (χ0) is 16.8. The van der Waals surface area contributed by atoms with Gasteiger partial charge in [-0.3, -0.25) is 9.59 Å². The van der Waals surface area contributed by atoms with Crippen LogP contribution in [0.4, 0.5) is 5.69 Å². The summed E-state index contributed by atoms with van der Waals surface area (Å²) in [6, 6.07) is 7.62. The van der Waals surface area contributed by atoms with Crippen molar-refractivity contribution in [1.82, 2.24) is 0 Å². The van der Waals surface area contributed by atoms with Crippen LogP contribution in [-0.4, -0.2) is 17.0 Å². The third-order valence-corrected chi connectivity index (χ3v) is 6.25. The fraction of sp³-hybridized carbons (Fsp3) is 0.556. The second-order valence-corrected chi connectivity index (χ2v) is 7.36. The van der Waals surface area contributed by atoms with Crippen LogP contribution >= 0.6 is 0 Å². The average molecular weight is 303 g/mol. The average Bonchev–Trinajstić information content (AvgIpc) is 2.64. The minimum Gasteiger partial charge on any atom is -0.481 e. The number of hydrogen-bond acceptors (Lipinski definition) is 2. The first kappa shape index (κ1) is 16.5. The van der Waals surface area contributed by atoms with E-state index in [-0.39, 0.29) is 5.91 Å². The fourth-order valence-corrected chi connectivity index (χ4v) is 3.48. The van der Waals surface area contributed by atoms with Gasteiger partial charge in [0.1, 0.15) is 0 Å². The molecule has 4 nitrogen and oxygen atoms in total. The lowest BCUT2D eigenvalue weighted by molar-refractivity contribution is -0.157. The molecular weight excluding hydrogens is 278 g/mol. The summed E-state index contributed by atoms with van der Waals surface area (Å²) in [6.07, 6.45) is 1.08. The maximum atomic E-state index is 12.9. The molecule has 0 spiro atoms. The number of aryl methyl sites for hydroxylation is 1. The van der Waals surface area contributed by atoms with Gasteiger partial charge in [-0.05, 0) is 43.7 Å². The van der Waals surface area contributed by atoms with Crippen LogP contribution in [0.2, 0.25) is 0 Å². The predicted molar refractivity (Wildman–Crippen MR) is 86.7 cm³/mol. The Morgan fingerprint density at radius 2 is 1.59 bits per heavy atom. The molecule has 1 amide bonds. The number of carbonyl (C=O) groups excluding carboxylic acids is 1. The third-order valence-electron chi connectivity index (χ3n) is 6.25. The van der Waals surface area contributed by atoms with Gasteiger partial charge in [-0.25, -0.2) is 0 Å². The van der Waals surface area contributed by atoms with Crippen molar-refractivity contribution in [3.63, 3.8) is 0 Å². The van der Waals surface area contributed by atoms with Gasteiger partial charge in [-0.1, -0.05) is 39.0 Å². The Morgan fingerprint density at radius 3 is 2.09 bits per heavy atom. The number of nitrogens with one attached hydrogen (secondary N) is 1. The van der Waals surface area contributed by atoms with Crippen LogP contribution < -0.4 is 5.32 Å². The summed E-state index contributed by atoms with van der Waals surface area (Å²) >= 11 is 0. The molecule has 2 N–H and O–H groups in total. The van der Waals surface area contributed by atoms with Crippen molar-refractivity contribution < 1.29 is 14.7 Å². The van der Waals surface area contributed by atoms with Gasteiger partial charge in [0.05, 0.1) is 10.8 Å². The molecule has 1 fully saturated rings. The van der Waals surface area contributed by atoms with Crippen LogP contribution in [0.15, 0.2) is 24.3 Å². The van der Waals surface area contributed by atoms with Crippen LogP contribution in [-0.2, 0) is 9.59 Å². The van der Waals surface area contributed by atoms with Crippen molar-refractivity contribution in [3.05, 3.63) is 29.8 Å². The molecule has 22 heavy (non-hydrogen) atoms. The number of carboxylic acid groups (broad SMARTS) is 1. The normalized spacial score (nSPS) is 30.0. The summed E-state index contributed by atoms with van der Waals surface area (Å²) in [4.78, 5) is 24.6.